The van der Waals surface area contributed by atoms with Gasteiger partial charge in [0.2, 0.25) is 5.88 Å². The van der Waals surface area contributed by atoms with Crippen LogP contribution in [-0.4, -0.2) is 36.3 Å². The fraction of sp³-hybridized carbons (Fsp3) is 0.273. The molecular formula is C22H23ClN2O5S. The zero-order valence-electron chi connectivity index (χ0n) is 17.4. The summed E-state index contributed by atoms with van der Waals surface area (Å²) in [6.45, 7) is 4.95. The van der Waals surface area contributed by atoms with E-state index in [4.69, 9.17) is 25.3 Å². The van der Waals surface area contributed by atoms with Gasteiger partial charge >= 0.3 is 0 Å². The smallest absolute Gasteiger partial charge is 0.269 e. The molecule has 0 aliphatic heterocycles. The molecule has 1 unspecified atom stereocenters. The van der Waals surface area contributed by atoms with E-state index in [1.165, 1.54) is 6.20 Å². The Morgan fingerprint density at radius 1 is 1.03 bits per heavy atom. The first kappa shape index (κ1) is 23.0. The second-order valence-corrected chi connectivity index (χ2v) is 9.59. The van der Waals surface area contributed by atoms with Gasteiger partial charge in [0.05, 0.1) is 29.1 Å². The van der Waals surface area contributed by atoms with Crippen molar-refractivity contribution in [2.45, 2.75) is 32.1 Å². The van der Waals surface area contributed by atoms with Crippen LogP contribution in [0.5, 0.6) is 17.4 Å². The maximum Gasteiger partial charge on any atom is 0.269 e. The maximum atomic E-state index is 11.6. The number of aromatic nitrogens is 2. The number of benzene rings is 2. The normalized spacial score (nSPS) is 13.1. The number of nitrogens with zero attached hydrogens (tertiary/aromatic N) is 2. The van der Waals surface area contributed by atoms with Gasteiger partial charge < -0.3 is 9.47 Å². The minimum Gasteiger partial charge on any atom is -0.487 e. The average Bonchev–Trinajstić information content (AvgIpc) is 2.73. The minimum atomic E-state index is -3.52. The summed E-state index contributed by atoms with van der Waals surface area (Å²) < 4.78 is 39.6. The Balaban J connectivity index is 1.54. The molecule has 0 aliphatic carbocycles. The number of halogens is 1. The van der Waals surface area contributed by atoms with Crippen molar-refractivity contribution in [1.29, 1.82) is 0 Å². The quantitative estimate of drug-likeness (QED) is 0.321. The van der Waals surface area contributed by atoms with Crippen molar-refractivity contribution in [3.8, 4) is 17.4 Å². The molecule has 1 heterocycles. The molecule has 2 aromatic carbocycles. The Kier molecular flexibility index (Phi) is 7.48. The summed E-state index contributed by atoms with van der Waals surface area (Å²) in [5.41, 5.74) is 1.38. The number of fused-ring (bicyclic) bond motifs is 1. The number of hydrogen-bond donors (Lipinski definition) is 0. The van der Waals surface area contributed by atoms with Crippen LogP contribution in [0.4, 0.5) is 0 Å². The van der Waals surface area contributed by atoms with Crippen molar-refractivity contribution >= 4 is 32.8 Å². The van der Waals surface area contributed by atoms with Gasteiger partial charge in [-0.2, -0.15) is 8.42 Å². The molecule has 0 saturated carbocycles. The molecule has 0 amide bonds. The molecule has 164 valence electrons. The number of rotatable bonds is 9. The van der Waals surface area contributed by atoms with Gasteiger partial charge in [-0.25, -0.2) is 9.97 Å². The molecule has 0 spiro atoms. The van der Waals surface area contributed by atoms with E-state index >= 15 is 0 Å². The average molecular weight is 463 g/mol. The molecule has 0 N–H and O–H groups in total. The monoisotopic (exact) mass is 462 g/mol. The highest BCUT2D eigenvalue weighted by Crippen LogP contribution is 2.25. The largest absolute Gasteiger partial charge is 0.487 e. The summed E-state index contributed by atoms with van der Waals surface area (Å²) in [5, 5.41) is 0.0256. The Hall–Kier alpha value is -2.68. The minimum absolute atomic E-state index is 0.0278. The summed E-state index contributed by atoms with van der Waals surface area (Å²) >= 11 is 5.96. The fourth-order valence-corrected chi connectivity index (χ4v) is 3.20. The third-order valence-corrected chi connectivity index (χ3v) is 6.02. The molecule has 1 atom stereocenters. The van der Waals surface area contributed by atoms with E-state index in [2.05, 4.69) is 9.97 Å². The molecule has 3 aromatic rings. The lowest BCUT2D eigenvalue weighted by molar-refractivity contribution is 0.267. The van der Waals surface area contributed by atoms with Gasteiger partial charge in [0, 0.05) is 5.02 Å². The molecule has 7 nitrogen and oxygen atoms in total. The molecule has 31 heavy (non-hydrogen) atoms. The second-order valence-electron chi connectivity index (χ2n) is 6.99. The van der Waals surface area contributed by atoms with Gasteiger partial charge in [-0.1, -0.05) is 17.7 Å². The van der Waals surface area contributed by atoms with E-state index in [-0.39, 0.29) is 12.7 Å². The molecule has 0 radical (unpaired) electrons. The van der Waals surface area contributed by atoms with Gasteiger partial charge in [0.25, 0.3) is 10.1 Å². The summed E-state index contributed by atoms with van der Waals surface area (Å²) in [6.07, 6.45) is 4.62. The third-order valence-electron chi connectivity index (χ3n) is 4.16. The molecule has 0 fully saturated rings. The number of ether oxygens (including phenoxy) is 2. The molecule has 0 aliphatic rings. The van der Waals surface area contributed by atoms with Crippen molar-refractivity contribution in [3.05, 3.63) is 65.8 Å². The highest BCUT2D eigenvalue weighted by molar-refractivity contribution is 7.87. The summed E-state index contributed by atoms with van der Waals surface area (Å²) in [7, 11) is -3.52. The van der Waals surface area contributed by atoms with E-state index in [1.807, 2.05) is 6.92 Å². The van der Waals surface area contributed by atoms with E-state index < -0.39 is 15.4 Å². The van der Waals surface area contributed by atoms with Crippen molar-refractivity contribution in [1.82, 2.24) is 9.97 Å². The molecular weight excluding hydrogens is 440 g/mol. The van der Waals surface area contributed by atoms with E-state index in [0.717, 1.165) is 0 Å². The SMILES string of the molecule is CC(C=CCOS(=O)(=O)C(C)C)Oc1ccc(Oc2cnc3cc(Cl)ccc3n2)cc1. The molecule has 9 heteroatoms. The Morgan fingerprint density at radius 3 is 2.45 bits per heavy atom. The lowest BCUT2D eigenvalue weighted by Crippen LogP contribution is -2.17. The van der Waals surface area contributed by atoms with Crippen molar-refractivity contribution in [2.24, 2.45) is 0 Å². The summed E-state index contributed by atoms with van der Waals surface area (Å²) in [4.78, 5) is 8.72. The van der Waals surface area contributed by atoms with Crippen LogP contribution in [0.3, 0.4) is 0 Å². The second kappa shape index (κ2) is 10.1. The summed E-state index contributed by atoms with van der Waals surface area (Å²) in [5.74, 6) is 1.60. The first-order chi connectivity index (χ1) is 14.7. The van der Waals surface area contributed by atoms with E-state index in [0.29, 0.717) is 33.4 Å². The predicted molar refractivity (Wildman–Crippen MR) is 120 cm³/mol. The lowest BCUT2D eigenvalue weighted by atomic mass is 10.3. The first-order valence-corrected chi connectivity index (χ1v) is 11.5. The van der Waals surface area contributed by atoms with E-state index in [1.54, 1.807) is 68.5 Å². The molecule has 3 rings (SSSR count). The Morgan fingerprint density at radius 2 is 1.74 bits per heavy atom. The molecule has 1 aromatic heterocycles. The fourth-order valence-electron chi connectivity index (χ4n) is 2.49. The maximum absolute atomic E-state index is 11.6. The van der Waals surface area contributed by atoms with Crippen LogP contribution >= 0.6 is 11.6 Å². The van der Waals surface area contributed by atoms with Crippen molar-refractivity contribution in [3.63, 3.8) is 0 Å². The van der Waals surface area contributed by atoms with Crippen LogP contribution in [0.2, 0.25) is 5.02 Å². The van der Waals surface area contributed by atoms with Gasteiger partial charge in [0.15, 0.2) is 0 Å². The van der Waals surface area contributed by atoms with Crippen LogP contribution in [0, 0.1) is 0 Å². The Bertz CT molecular complexity index is 1160. The lowest BCUT2D eigenvalue weighted by Gasteiger charge is -2.12. The van der Waals surface area contributed by atoms with Gasteiger partial charge in [-0.15, -0.1) is 0 Å². The van der Waals surface area contributed by atoms with Crippen LogP contribution < -0.4 is 9.47 Å². The zero-order chi connectivity index (χ0) is 22.4. The Labute approximate surface area is 186 Å². The van der Waals surface area contributed by atoms with Gasteiger partial charge in [-0.05, 0) is 69.3 Å². The van der Waals surface area contributed by atoms with E-state index in [9.17, 15) is 8.42 Å². The highest BCUT2D eigenvalue weighted by atomic mass is 35.5. The standard InChI is InChI=1S/C22H23ClN2O5S/c1-15(2)31(26,27)28-12-4-5-16(3)29-18-7-9-19(10-8-18)30-22-14-24-21-13-17(23)6-11-20(21)25-22/h4-11,13-16H,12H2,1-3H3. The van der Waals surface area contributed by atoms with Crippen LogP contribution in [0.25, 0.3) is 11.0 Å². The van der Waals surface area contributed by atoms with Crippen LogP contribution in [-0.2, 0) is 14.3 Å². The van der Waals surface area contributed by atoms with Gasteiger partial charge in [0.1, 0.15) is 17.6 Å². The highest BCUT2D eigenvalue weighted by Gasteiger charge is 2.15. The number of hydrogen-bond acceptors (Lipinski definition) is 7. The predicted octanol–water partition coefficient (Wildman–Crippen LogP) is 5.15. The van der Waals surface area contributed by atoms with Crippen LogP contribution in [0.15, 0.2) is 60.8 Å². The van der Waals surface area contributed by atoms with Gasteiger partial charge in [-0.3, -0.25) is 4.18 Å². The van der Waals surface area contributed by atoms with Crippen molar-refractivity contribution in [2.75, 3.05) is 6.61 Å². The molecule has 0 bridgehead atoms. The topological polar surface area (TPSA) is 87.6 Å². The third kappa shape index (κ3) is 6.65. The van der Waals surface area contributed by atoms with Crippen molar-refractivity contribution < 1.29 is 22.1 Å². The van der Waals surface area contributed by atoms with Crippen LogP contribution in [0.1, 0.15) is 20.8 Å². The first-order valence-electron chi connectivity index (χ1n) is 9.65. The summed E-state index contributed by atoms with van der Waals surface area (Å²) in [6, 6.07) is 12.3. The molecule has 0 saturated heterocycles. The zero-order valence-corrected chi connectivity index (χ0v) is 18.9.